The molecule has 0 fully saturated rings. The molecular formula is C22H29Cl2N3O3S. The highest BCUT2D eigenvalue weighted by molar-refractivity contribution is 7.92. The fraction of sp³-hybridized carbons (Fsp3) is 0.409. The van der Waals surface area contributed by atoms with Crippen LogP contribution in [0.2, 0.25) is 10.0 Å². The summed E-state index contributed by atoms with van der Waals surface area (Å²) in [6.07, 6.45) is 1.31. The maximum Gasteiger partial charge on any atom is 0.244 e. The van der Waals surface area contributed by atoms with Gasteiger partial charge in [-0.3, -0.25) is 9.10 Å². The largest absolute Gasteiger partial charge is 0.372 e. The van der Waals surface area contributed by atoms with Crippen molar-refractivity contribution in [1.29, 1.82) is 0 Å². The van der Waals surface area contributed by atoms with Crippen LogP contribution in [0.3, 0.4) is 0 Å². The van der Waals surface area contributed by atoms with Crippen molar-refractivity contribution in [3.8, 4) is 0 Å². The average Bonchev–Trinajstić information content (AvgIpc) is 2.73. The van der Waals surface area contributed by atoms with E-state index in [2.05, 4.69) is 24.1 Å². The minimum atomic E-state index is -3.79. The molecule has 6 nitrogen and oxygen atoms in total. The molecule has 0 saturated heterocycles. The van der Waals surface area contributed by atoms with Crippen molar-refractivity contribution >= 4 is 50.5 Å². The smallest absolute Gasteiger partial charge is 0.244 e. The van der Waals surface area contributed by atoms with Gasteiger partial charge in [0.25, 0.3) is 0 Å². The van der Waals surface area contributed by atoms with Gasteiger partial charge in [0, 0.05) is 30.3 Å². The number of nitrogens with zero attached hydrogens (tertiary/aromatic N) is 2. The maximum atomic E-state index is 13.0. The summed E-state index contributed by atoms with van der Waals surface area (Å²) in [6, 6.07) is 11.5. The Morgan fingerprint density at radius 2 is 1.65 bits per heavy atom. The normalized spacial score (nSPS) is 12.3. The van der Waals surface area contributed by atoms with E-state index >= 15 is 0 Å². The number of halogens is 2. The van der Waals surface area contributed by atoms with Gasteiger partial charge in [0.1, 0.15) is 6.04 Å². The highest BCUT2D eigenvalue weighted by Gasteiger charge is 2.32. The minimum Gasteiger partial charge on any atom is -0.372 e. The maximum absolute atomic E-state index is 13.0. The van der Waals surface area contributed by atoms with Crippen LogP contribution in [0.5, 0.6) is 0 Å². The number of rotatable bonds is 10. The van der Waals surface area contributed by atoms with E-state index in [1.165, 1.54) is 12.1 Å². The highest BCUT2D eigenvalue weighted by atomic mass is 35.5. The van der Waals surface area contributed by atoms with Crippen molar-refractivity contribution in [3.05, 3.63) is 58.1 Å². The molecule has 1 N–H and O–H groups in total. The Kier molecular flexibility index (Phi) is 9.03. The molecule has 0 unspecified atom stereocenters. The van der Waals surface area contributed by atoms with E-state index in [4.69, 9.17) is 23.2 Å². The zero-order valence-electron chi connectivity index (χ0n) is 18.2. The Hall–Kier alpha value is -1.96. The van der Waals surface area contributed by atoms with Crippen molar-refractivity contribution in [1.82, 2.24) is 5.32 Å². The summed E-state index contributed by atoms with van der Waals surface area (Å²) in [6.45, 7) is 8.06. The van der Waals surface area contributed by atoms with Gasteiger partial charge in [0.2, 0.25) is 15.9 Å². The van der Waals surface area contributed by atoms with Crippen molar-refractivity contribution < 1.29 is 13.2 Å². The van der Waals surface area contributed by atoms with E-state index in [9.17, 15) is 13.2 Å². The summed E-state index contributed by atoms with van der Waals surface area (Å²) in [7, 11) is -3.79. The molecule has 0 radical (unpaired) electrons. The predicted octanol–water partition coefficient (Wildman–Crippen LogP) is 4.70. The predicted molar refractivity (Wildman–Crippen MR) is 130 cm³/mol. The summed E-state index contributed by atoms with van der Waals surface area (Å²) in [5.41, 5.74) is 2.22. The van der Waals surface area contributed by atoms with Gasteiger partial charge in [-0.15, -0.1) is 0 Å². The van der Waals surface area contributed by atoms with Gasteiger partial charge in [-0.25, -0.2) is 8.42 Å². The minimum absolute atomic E-state index is 0.183. The topological polar surface area (TPSA) is 69.7 Å². The van der Waals surface area contributed by atoms with Crippen LogP contribution in [0, 0.1) is 0 Å². The van der Waals surface area contributed by atoms with Crippen molar-refractivity contribution in [2.45, 2.75) is 39.8 Å². The van der Waals surface area contributed by atoms with E-state index < -0.39 is 22.0 Å². The number of hydrogen-bond acceptors (Lipinski definition) is 4. The molecule has 0 aliphatic carbocycles. The first-order chi connectivity index (χ1) is 14.6. The average molecular weight is 486 g/mol. The van der Waals surface area contributed by atoms with Gasteiger partial charge in [0.05, 0.1) is 17.0 Å². The molecule has 0 spiro atoms. The Morgan fingerprint density at radius 3 is 2.16 bits per heavy atom. The van der Waals surface area contributed by atoms with Gasteiger partial charge >= 0.3 is 0 Å². The SMILES string of the molecule is CC[C@@H](C(=O)NCc1ccc(N(CC)CC)cc1)N(c1cc(Cl)ccc1Cl)S(C)(=O)=O. The Morgan fingerprint density at radius 1 is 1.03 bits per heavy atom. The van der Waals surface area contributed by atoms with Crippen LogP contribution in [0.4, 0.5) is 11.4 Å². The number of sulfonamides is 1. The van der Waals surface area contributed by atoms with Crippen LogP contribution in [0.1, 0.15) is 32.8 Å². The van der Waals surface area contributed by atoms with Crippen LogP contribution in [0.25, 0.3) is 0 Å². The summed E-state index contributed by atoms with van der Waals surface area (Å²) < 4.78 is 26.2. The number of nitrogens with one attached hydrogen (secondary N) is 1. The third-order valence-corrected chi connectivity index (χ3v) is 6.73. The molecule has 9 heteroatoms. The molecule has 170 valence electrons. The van der Waals surface area contributed by atoms with E-state index in [0.717, 1.165) is 34.9 Å². The zero-order valence-corrected chi connectivity index (χ0v) is 20.6. The second-order valence-corrected chi connectivity index (χ2v) is 9.84. The van der Waals surface area contributed by atoms with Crippen LogP contribution in [-0.4, -0.2) is 39.7 Å². The lowest BCUT2D eigenvalue weighted by atomic mass is 10.1. The number of anilines is 2. The first kappa shape index (κ1) is 25.3. The zero-order chi connectivity index (χ0) is 23.2. The lowest BCUT2D eigenvalue weighted by Gasteiger charge is -2.30. The fourth-order valence-electron chi connectivity index (χ4n) is 3.41. The van der Waals surface area contributed by atoms with Crippen molar-refractivity contribution in [2.24, 2.45) is 0 Å². The van der Waals surface area contributed by atoms with E-state index in [1.807, 2.05) is 24.3 Å². The summed E-state index contributed by atoms with van der Waals surface area (Å²) in [5, 5.41) is 3.38. The van der Waals surface area contributed by atoms with Gasteiger partial charge in [0.15, 0.2) is 0 Å². The fourth-order valence-corrected chi connectivity index (χ4v) is 5.05. The number of carbonyl (C=O) groups is 1. The van der Waals surface area contributed by atoms with E-state index in [-0.39, 0.29) is 23.7 Å². The summed E-state index contributed by atoms with van der Waals surface area (Å²) >= 11 is 12.3. The van der Waals surface area contributed by atoms with Crippen LogP contribution >= 0.6 is 23.2 Å². The monoisotopic (exact) mass is 485 g/mol. The number of benzene rings is 2. The molecule has 0 saturated carbocycles. The molecule has 0 heterocycles. The summed E-state index contributed by atoms with van der Waals surface area (Å²) in [5.74, 6) is -0.406. The van der Waals surface area contributed by atoms with Crippen LogP contribution in [-0.2, 0) is 21.4 Å². The second kappa shape index (κ2) is 11.1. The van der Waals surface area contributed by atoms with Crippen molar-refractivity contribution in [2.75, 3.05) is 28.6 Å². The molecule has 0 aliphatic heterocycles. The number of carbonyl (C=O) groups excluding carboxylic acids is 1. The molecule has 0 aliphatic rings. The Balaban J connectivity index is 2.21. The molecule has 2 aromatic rings. The Labute approximate surface area is 195 Å². The van der Waals surface area contributed by atoms with Gasteiger partial charge in [-0.2, -0.15) is 0 Å². The van der Waals surface area contributed by atoms with Gasteiger partial charge in [-0.1, -0.05) is 42.3 Å². The standard InChI is InChI=1S/C22H29Cl2N3O3S/c1-5-20(27(31(4,29)30)21-14-17(23)10-13-19(21)24)22(28)25-15-16-8-11-18(12-9-16)26(6-2)7-3/h8-14,20H,5-7,15H2,1-4H3,(H,25,28)/t20-/m0/s1. The molecule has 2 aromatic carbocycles. The van der Waals surface area contributed by atoms with E-state index in [1.54, 1.807) is 13.0 Å². The van der Waals surface area contributed by atoms with Crippen molar-refractivity contribution in [3.63, 3.8) is 0 Å². The first-order valence-electron chi connectivity index (χ1n) is 10.2. The molecule has 2 rings (SSSR count). The molecule has 1 amide bonds. The molecule has 0 bridgehead atoms. The van der Waals surface area contributed by atoms with Crippen LogP contribution < -0.4 is 14.5 Å². The third kappa shape index (κ3) is 6.51. The van der Waals surface area contributed by atoms with Crippen LogP contribution in [0.15, 0.2) is 42.5 Å². The third-order valence-electron chi connectivity index (χ3n) is 5.01. The molecule has 31 heavy (non-hydrogen) atoms. The molecule has 1 atom stereocenters. The second-order valence-electron chi connectivity index (χ2n) is 7.14. The first-order valence-corrected chi connectivity index (χ1v) is 12.8. The van der Waals surface area contributed by atoms with E-state index in [0.29, 0.717) is 5.02 Å². The molecule has 0 aromatic heterocycles. The Bertz CT molecular complexity index is 994. The van der Waals surface area contributed by atoms with Gasteiger partial charge < -0.3 is 10.2 Å². The lowest BCUT2D eigenvalue weighted by Crippen LogP contribution is -2.49. The summed E-state index contributed by atoms with van der Waals surface area (Å²) in [4.78, 5) is 15.2. The van der Waals surface area contributed by atoms with Gasteiger partial charge in [-0.05, 0) is 56.2 Å². The lowest BCUT2D eigenvalue weighted by molar-refractivity contribution is -0.122. The quantitative estimate of drug-likeness (QED) is 0.529. The number of amides is 1. The number of hydrogen-bond donors (Lipinski definition) is 1. The molecular weight excluding hydrogens is 457 g/mol. The highest BCUT2D eigenvalue weighted by Crippen LogP contribution is 2.33.